The van der Waals surface area contributed by atoms with Gasteiger partial charge in [-0.15, -0.1) is 0 Å². The topological polar surface area (TPSA) is 61.5 Å². The van der Waals surface area contributed by atoms with Crippen molar-refractivity contribution >= 4 is 0 Å². The quantitative estimate of drug-likeness (QED) is 0.743. The molecule has 0 fully saturated rings. The molecule has 0 radical (unpaired) electrons. The average molecular weight is 227 g/mol. The molecule has 1 heterocycles. The van der Waals surface area contributed by atoms with Gasteiger partial charge in [-0.1, -0.05) is 0 Å². The van der Waals surface area contributed by atoms with Crippen LogP contribution in [0.15, 0.2) is 10.6 Å². The molecule has 1 aromatic heterocycles. The van der Waals surface area contributed by atoms with Gasteiger partial charge in [0, 0.05) is 13.1 Å². The lowest BCUT2D eigenvalue weighted by Gasteiger charge is -2.18. The molecule has 0 aliphatic rings. The van der Waals surface area contributed by atoms with E-state index in [1.165, 1.54) is 0 Å². The van der Waals surface area contributed by atoms with Crippen LogP contribution in [0.3, 0.4) is 0 Å². The van der Waals surface area contributed by atoms with Crippen LogP contribution in [0, 0.1) is 6.92 Å². The highest BCUT2D eigenvalue weighted by molar-refractivity contribution is 4.95. The molecule has 2 N–H and O–H groups in total. The first-order valence-corrected chi connectivity index (χ1v) is 5.47. The van der Waals surface area contributed by atoms with Crippen molar-refractivity contribution < 1.29 is 9.52 Å². The molecular weight excluding hydrogens is 206 g/mol. The first-order chi connectivity index (χ1) is 7.49. The number of hydrogen-bond acceptors (Lipinski definition) is 5. The molecule has 2 atom stereocenters. The van der Waals surface area contributed by atoms with Crippen molar-refractivity contribution in [2.24, 2.45) is 0 Å². The number of hydrogen-bond donors (Lipinski definition) is 2. The maximum atomic E-state index is 9.67. The van der Waals surface area contributed by atoms with Gasteiger partial charge in [0.15, 0.2) is 0 Å². The molecule has 92 valence electrons. The molecule has 0 bridgehead atoms. The summed E-state index contributed by atoms with van der Waals surface area (Å²) in [7, 11) is 3.87. The molecule has 0 spiro atoms. The molecule has 1 aromatic rings. The van der Waals surface area contributed by atoms with Crippen LogP contribution in [0.4, 0.5) is 0 Å². The zero-order chi connectivity index (χ0) is 12.1. The number of nitrogens with one attached hydrogen (secondary N) is 1. The van der Waals surface area contributed by atoms with Crippen LogP contribution in [-0.4, -0.2) is 48.3 Å². The fraction of sp³-hybridized carbons (Fsp3) is 0.727. The molecule has 0 saturated carbocycles. The first kappa shape index (κ1) is 13.2. The molecule has 1 rings (SSSR count). The maximum absolute atomic E-state index is 9.67. The van der Waals surface area contributed by atoms with Crippen LogP contribution in [0.25, 0.3) is 0 Å². The van der Waals surface area contributed by atoms with E-state index < -0.39 is 0 Å². The van der Waals surface area contributed by atoms with Crippen LogP contribution in [0.1, 0.15) is 24.6 Å². The third-order valence-corrected chi connectivity index (χ3v) is 2.25. The van der Waals surface area contributed by atoms with Crippen molar-refractivity contribution in [1.29, 1.82) is 0 Å². The number of aromatic nitrogens is 1. The van der Waals surface area contributed by atoms with Crippen molar-refractivity contribution in [2.75, 3.05) is 27.2 Å². The van der Waals surface area contributed by atoms with Gasteiger partial charge in [0.2, 0.25) is 5.89 Å². The summed E-state index contributed by atoms with van der Waals surface area (Å²) in [5, 5.41) is 12.8. The van der Waals surface area contributed by atoms with Crippen LogP contribution >= 0.6 is 0 Å². The Balaban J connectivity index is 2.32. The maximum Gasteiger partial charge on any atom is 0.211 e. The van der Waals surface area contributed by atoms with E-state index in [0.717, 1.165) is 5.76 Å². The van der Waals surface area contributed by atoms with E-state index in [9.17, 15) is 5.11 Å². The van der Waals surface area contributed by atoms with Gasteiger partial charge in [-0.2, -0.15) is 0 Å². The minimum absolute atomic E-state index is 0.0190. The van der Waals surface area contributed by atoms with E-state index in [4.69, 9.17) is 4.42 Å². The van der Waals surface area contributed by atoms with E-state index in [1.54, 1.807) is 6.20 Å². The summed E-state index contributed by atoms with van der Waals surface area (Å²) in [6.07, 6.45) is 1.32. The van der Waals surface area contributed by atoms with Crippen LogP contribution < -0.4 is 5.32 Å². The Morgan fingerprint density at radius 2 is 2.25 bits per heavy atom. The van der Waals surface area contributed by atoms with Crippen molar-refractivity contribution in [3.8, 4) is 0 Å². The molecule has 5 nitrogen and oxygen atoms in total. The number of oxazole rings is 1. The van der Waals surface area contributed by atoms with Crippen molar-refractivity contribution in [1.82, 2.24) is 15.2 Å². The van der Waals surface area contributed by atoms with E-state index in [2.05, 4.69) is 10.3 Å². The van der Waals surface area contributed by atoms with E-state index >= 15 is 0 Å². The minimum atomic E-state index is -0.381. The Morgan fingerprint density at radius 3 is 2.75 bits per heavy atom. The van der Waals surface area contributed by atoms with Crippen LogP contribution in [0.5, 0.6) is 0 Å². The SMILES string of the molecule is Cc1cnc(C(C)NCC(O)CN(C)C)o1. The Labute approximate surface area is 96.5 Å². The largest absolute Gasteiger partial charge is 0.444 e. The normalized spacial score (nSPS) is 15.4. The molecular formula is C11H21N3O2. The molecule has 0 aromatic carbocycles. The molecule has 0 amide bonds. The Morgan fingerprint density at radius 1 is 1.56 bits per heavy atom. The van der Waals surface area contributed by atoms with E-state index in [0.29, 0.717) is 19.0 Å². The number of rotatable bonds is 6. The van der Waals surface area contributed by atoms with Crippen molar-refractivity contribution in [3.05, 3.63) is 17.8 Å². The lowest BCUT2D eigenvalue weighted by molar-refractivity contribution is 0.130. The van der Waals surface area contributed by atoms with Gasteiger partial charge in [-0.25, -0.2) is 4.98 Å². The number of nitrogens with zero attached hydrogens (tertiary/aromatic N) is 2. The van der Waals surface area contributed by atoms with Gasteiger partial charge in [0.25, 0.3) is 0 Å². The standard InChI is InChI=1S/C11H21N3O2/c1-8-5-13-11(16-8)9(2)12-6-10(15)7-14(3)4/h5,9-10,12,15H,6-7H2,1-4H3. The highest BCUT2D eigenvalue weighted by Crippen LogP contribution is 2.11. The Bertz CT molecular complexity index is 312. The van der Waals surface area contributed by atoms with Gasteiger partial charge in [0.1, 0.15) is 5.76 Å². The summed E-state index contributed by atoms with van der Waals surface area (Å²) in [5.41, 5.74) is 0. The second kappa shape index (κ2) is 5.98. The molecule has 5 heteroatoms. The summed E-state index contributed by atoms with van der Waals surface area (Å²) in [6.45, 7) is 5.00. The van der Waals surface area contributed by atoms with Gasteiger partial charge in [-0.3, -0.25) is 0 Å². The van der Waals surface area contributed by atoms with Crippen molar-refractivity contribution in [3.63, 3.8) is 0 Å². The van der Waals surface area contributed by atoms with E-state index in [1.807, 2.05) is 32.8 Å². The number of aryl methyl sites for hydroxylation is 1. The second-order valence-electron chi connectivity index (χ2n) is 4.36. The fourth-order valence-corrected chi connectivity index (χ4v) is 1.46. The lowest BCUT2D eigenvalue weighted by Crippen LogP contribution is -2.36. The van der Waals surface area contributed by atoms with Crippen LogP contribution in [-0.2, 0) is 0 Å². The third kappa shape index (κ3) is 4.30. The van der Waals surface area contributed by atoms with Gasteiger partial charge in [-0.05, 0) is 27.9 Å². The molecule has 16 heavy (non-hydrogen) atoms. The first-order valence-electron chi connectivity index (χ1n) is 5.47. The van der Waals surface area contributed by atoms with Gasteiger partial charge >= 0.3 is 0 Å². The average Bonchev–Trinajstić information content (AvgIpc) is 2.60. The summed E-state index contributed by atoms with van der Waals surface area (Å²) < 4.78 is 5.39. The Hall–Kier alpha value is -0.910. The Kier molecular flexibility index (Phi) is 4.92. The molecule has 0 saturated heterocycles. The number of likely N-dealkylation sites (N-methyl/N-ethyl adjacent to an activating group) is 1. The summed E-state index contributed by atoms with van der Waals surface area (Å²) >= 11 is 0. The number of aliphatic hydroxyl groups is 1. The highest BCUT2D eigenvalue weighted by atomic mass is 16.4. The predicted molar refractivity (Wildman–Crippen MR) is 62.2 cm³/mol. The molecule has 0 aliphatic heterocycles. The second-order valence-corrected chi connectivity index (χ2v) is 4.36. The summed E-state index contributed by atoms with van der Waals surface area (Å²) in [6, 6.07) is 0.0190. The molecule has 2 unspecified atom stereocenters. The fourth-order valence-electron chi connectivity index (χ4n) is 1.46. The smallest absolute Gasteiger partial charge is 0.211 e. The predicted octanol–water partition coefficient (Wildman–Crippen LogP) is 0.556. The monoisotopic (exact) mass is 227 g/mol. The van der Waals surface area contributed by atoms with Gasteiger partial charge in [0.05, 0.1) is 18.3 Å². The summed E-state index contributed by atoms with van der Waals surface area (Å²) in [5.74, 6) is 1.46. The van der Waals surface area contributed by atoms with E-state index in [-0.39, 0.29) is 12.1 Å². The third-order valence-electron chi connectivity index (χ3n) is 2.25. The zero-order valence-electron chi connectivity index (χ0n) is 10.4. The van der Waals surface area contributed by atoms with Gasteiger partial charge < -0.3 is 19.7 Å². The lowest BCUT2D eigenvalue weighted by atomic mass is 10.3. The number of aliphatic hydroxyl groups excluding tert-OH is 1. The minimum Gasteiger partial charge on any atom is -0.444 e. The van der Waals surface area contributed by atoms with Crippen molar-refractivity contribution in [2.45, 2.75) is 26.0 Å². The zero-order valence-corrected chi connectivity index (χ0v) is 10.4. The summed E-state index contributed by atoms with van der Waals surface area (Å²) in [4.78, 5) is 6.08. The molecule has 0 aliphatic carbocycles. The highest BCUT2D eigenvalue weighted by Gasteiger charge is 2.13. The van der Waals surface area contributed by atoms with Crippen LogP contribution in [0.2, 0.25) is 0 Å².